The van der Waals surface area contributed by atoms with Crippen LogP contribution in [-0.4, -0.2) is 54.8 Å². The Labute approximate surface area is 622 Å². The summed E-state index contributed by atoms with van der Waals surface area (Å²) in [6, 6.07) is 50.1. The number of thiophene rings is 1. The molecule has 0 aliphatic heterocycles. The molecule has 0 amide bonds. The van der Waals surface area contributed by atoms with Crippen molar-refractivity contribution in [1.82, 2.24) is 54.8 Å². The Kier molecular flexibility index (Phi) is 19.0. The van der Waals surface area contributed by atoms with Gasteiger partial charge in [-0.15, -0.1) is 22.7 Å². The molecule has 106 heavy (non-hydrogen) atoms. The fraction of sp³-hybridized carbons (Fsp3) is 0.0682. The third-order valence-electron chi connectivity index (χ3n) is 18.7. The minimum atomic E-state index is 0.721. The van der Waals surface area contributed by atoms with Crippen LogP contribution in [0, 0.1) is 41.5 Å². The summed E-state index contributed by atoms with van der Waals surface area (Å²) >= 11 is 9.65. The van der Waals surface area contributed by atoms with Gasteiger partial charge in [-0.05, 0) is 147 Å². The molecule has 16 aromatic heterocycles. The number of nitrogens with zero attached hydrogens (tertiary/aromatic N) is 6. The van der Waals surface area contributed by atoms with Crippen LogP contribution in [0.25, 0.3) is 165 Å². The zero-order chi connectivity index (χ0) is 72.2. The standard InChI is InChI=1S/3C19H16N2O.C17H11ClN2O.C14H9N3S2/c1-12-5-13(2)7-15(6-12)16-8-17-18(14-3-4-22-11-14)10-21-19(17)20-9-16;1-12-3-4-13(2)16(7-12)15-8-17-18(14-5-6-22-11-14)10-21-19(17)20-9-15;1-12-4-3-5-13(2)18(12)15-8-16-17(14-6-7-22-11-14)10-21-19(16)20-9-15;18-16-4-2-1-3-13(16)12-7-14-15(11-5-6-21-10-11)9-20-17(14)19-8-12;1-2-12(18-3-1)9-4-10-11(13-7-15-8-19-13)6-17-14(10)16-5-9/h3*3-11H,1-2H3,(H,20,21);1-10H,(H,19,20);1-8H,(H,16,17). The highest BCUT2D eigenvalue weighted by atomic mass is 35.5. The average molecular weight is 1440 g/mol. The van der Waals surface area contributed by atoms with E-state index in [0.717, 1.165) is 143 Å². The van der Waals surface area contributed by atoms with Crippen LogP contribution in [0.4, 0.5) is 0 Å². The molecule has 20 rings (SSSR count). The predicted octanol–water partition coefficient (Wildman–Crippen LogP) is 24.9. The Bertz CT molecular complexity index is 6340. The van der Waals surface area contributed by atoms with E-state index in [1.807, 2.05) is 122 Å². The molecular formula is C88H68ClN11O4S2. The molecule has 15 nitrogen and oxygen atoms in total. The van der Waals surface area contributed by atoms with Crippen LogP contribution in [0.15, 0.2) is 292 Å². The van der Waals surface area contributed by atoms with Crippen molar-refractivity contribution in [2.24, 2.45) is 0 Å². The van der Waals surface area contributed by atoms with Crippen molar-refractivity contribution in [3.63, 3.8) is 0 Å². The molecular weight excluding hydrogens is 1370 g/mol. The molecule has 16 heterocycles. The smallest absolute Gasteiger partial charge is 0.137 e. The summed E-state index contributed by atoms with van der Waals surface area (Å²) in [5.41, 5.74) is 33.9. The first-order valence-corrected chi connectivity index (χ1v) is 36.4. The van der Waals surface area contributed by atoms with E-state index in [1.54, 1.807) is 72.8 Å². The van der Waals surface area contributed by atoms with Crippen LogP contribution in [0.3, 0.4) is 0 Å². The molecule has 20 aromatic rings. The van der Waals surface area contributed by atoms with E-state index in [9.17, 15) is 0 Å². The Balaban J connectivity index is 0.000000102. The zero-order valence-electron chi connectivity index (χ0n) is 58.5. The third-order valence-corrected chi connectivity index (χ3v) is 20.8. The molecule has 18 heteroatoms. The van der Waals surface area contributed by atoms with Crippen LogP contribution in [0.5, 0.6) is 0 Å². The van der Waals surface area contributed by atoms with Crippen molar-refractivity contribution in [2.45, 2.75) is 41.5 Å². The first kappa shape index (κ1) is 67.6. The Morgan fingerprint density at radius 1 is 0.311 bits per heavy atom. The van der Waals surface area contributed by atoms with E-state index >= 15 is 0 Å². The van der Waals surface area contributed by atoms with Crippen molar-refractivity contribution in [2.75, 3.05) is 0 Å². The van der Waals surface area contributed by atoms with Crippen LogP contribution >= 0.6 is 34.3 Å². The van der Waals surface area contributed by atoms with Gasteiger partial charge >= 0.3 is 0 Å². The van der Waals surface area contributed by atoms with Gasteiger partial charge in [0.2, 0.25) is 0 Å². The molecule has 0 saturated heterocycles. The van der Waals surface area contributed by atoms with Crippen LogP contribution in [0.2, 0.25) is 5.02 Å². The van der Waals surface area contributed by atoms with Gasteiger partial charge in [-0.2, -0.15) is 0 Å². The second-order valence-electron chi connectivity index (χ2n) is 25.9. The highest BCUT2D eigenvalue weighted by molar-refractivity contribution is 7.13. The number of hydrogen-bond acceptors (Lipinski definition) is 12. The molecule has 0 radical (unpaired) electrons. The lowest BCUT2D eigenvalue weighted by molar-refractivity contribution is 0.568. The van der Waals surface area contributed by atoms with E-state index in [2.05, 4.69) is 199 Å². The monoisotopic (exact) mass is 1440 g/mol. The molecule has 0 bridgehead atoms. The first-order chi connectivity index (χ1) is 51.9. The minimum Gasteiger partial charge on any atom is -0.472 e. The Morgan fingerprint density at radius 2 is 0.755 bits per heavy atom. The van der Waals surface area contributed by atoms with Gasteiger partial charge in [0.1, 0.15) is 28.2 Å². The predicted molar refractivity (Wildman–Crippen MR) is 431 cm³/mol. The number of rotatable bonds is 10. The van der Waals surface area contributed by atoms with Crippen molar-refractivity contribution < 1.29 is 17.7 Å². The lowest BCUT2D eigenvalue weighted by Crippen LogP contribution is -1.89. The number of fused-ring (bicyclic) bond motifs is 5. The van der Waals surface area contributed by atoms with E-state index in [0.29, 0.717) is 0 Å². The summed E-state index contributed by atoms with van der Waals surface area (Å²) in [5.74, 6) is 0. The van der Waals surface area contributed by atoms with Crippen molar-refractivity contribution in [3.05, 3.63) is 313 Å². The first-order valence-electron chi connectivity index (χ1n) is 34.3. The fourth-order valence-electron chi connectivity index (χ4n) is 13.5. The average Bonchev–Trinajstić information content (AvgIpc) is 1.52. The molecule has 5 N–H and O–H groups in total. The minimum absolute atomic E-state index is 0.721. The Hall–Kier alpha value is -12.9. The van der Waals surface area contributed by atoms with Crippen LogP contribution in [0.1, 0.15) is 33.4 Å². The highest BCUT2D eigenvalue weighted by Crippen LogP contribution is 2.39. The molecule has 0 spiro atoms. The van der Waals surface area contributed by atoms with Gasteiger partial charge in [-0.3, -0.25) is 4.98 Å². The topological polar surface area (TPSA) is 209 Å². The second kappa shape index (κ2) is 29.8. The van der Waals surface area contributed by atoms with Gasteiger partial charge in [-0.1, -0.05) is 107 Å². The lowest BCUT2D eigenvalue weighted by atomic mass is 9.96. The zero-order valence-corrected chi connectivity index (χ0v) is 60.9. The second-order valence-corrected chi connectivity index (χ2v) is 28.2. The molecule has 0 fully saturated rings. The van der Waals surface area contributed by atoms with Gasteiger partial charge in [0.05, 0.1) is 60.5 Å². The summed E-state index contributed by atoms with van der Waals surface area (Å²) in [5, 5.41) is 8.34. The number of aromatic amines is 5. The van der Waals surface area contributed by atoms with Crippen LogP contribution in [-0.2, 0) is 0 Å². The number of benzene rings is 4. The number of aromatic nitrogens is 11. The number of furan rings is 4. The van der Waals surface area contributed by atoms with E-state index in [-0.39, 0.29) is 0 Å². The molecule has 0 unspecified atom stereocenters. The molecule has 0 aliphatic carbocycles. The highest BCUT2D eigenvalue weighted by Gasteiger charge is 2.18. The Morgan fingerprint density at radius 3 is 1.23 bits per heavy atom. The quantitative estimate of drug-likeness (QED) is 0.0875. The maximum Gasteiger partial charge on any atom is 0.137 e. The molecule has 0 aliphatic rings. The maximum absolute atomic E-state index is 6.27. The summed E-state index contributed by atoms with van der Waals surface area (Å²) in [6.45, 7) is 12.8. The third kappa shape index (κ3) is 14.1. The number of H-pyrrole nitrogens is 5. The maximum atomic E-state index is 6.27. The summed E-state index contributed by atoms with van der Waals surface area (Å²) < 4.78 is 20.8. The number of thiazole rings is 1. The lowest BCUT2D eigenvalue weighted by Gasteiger charge is -2.10. The molecule has 0 atom stereocenters. The van der Waals surface area contributed by atoms with Crippen molar-refractivity contribution in [3.8, 4) is 110 Å². The van der Waals surface area contributed by atoms with Crippen LogP contribution < -0.4 is 0 Å². The molecule has 0 saturated carbocycles. The molecule has 4 aromatic carbocycles. The van der Waals surface area contributed by atoms with E-state index < -0.39 is 0 Å². The molecule has 518 valence electrons. The number of aryl methyl sites for hydroxylation is 6. The normalized spacial score (nSPS) is 11.2. The van der Waals surface area contributed by atoms with E-state index in [1.165, 1.54) is 60.5 Å². The summed E-state index contributed by atoms with van der Waals surface area (Å²) in [4.78, 5) is 45.3. The number of pyridine rings is 5. The SMILES string of the molecule is Cc1cc(C)cc(-c2cnc3[nH]cc(-c4ccoc4)c3c2)c1.Cc1ccc(C)c(-c2cnc3[nH]cc(-c4ccoc4)c3c2)c1.Cc1cccc(C)c1-c1cnc2[nH]cc(-c3ccoc3)c2c1.Clc1ccccc1-c1cnc2[nH]cc(-c3ccoc3)c2c1.c1csc(-c2cnc3[nH]cc(-c4cncs4)c3c2)c1. The van der Waals surface area contributed by atoms with Gasteiger partial charge in [-0.25, -0.2) is 24.9 Å². The summed E-state index contributed by atoms with van der Waals surface area (Å²) in [7, 11) is 0. The van der Waals surface area contributed by atoms with Gasteiger partial charge in [0.25, 0.3) is 0 Å². The number of hydrogen-bond donors (Lipinski definition) is 5. The largest absolute Gasteiger partial charge is 0.472 e. The summed E-state index contributed by atoms with van der Waals surface area (Å²) in [6.07, 6.45) is 35.1. The van der Waals surface area contributed by atoms with Crippen molar-refractivity contribution >= 4 is 89.4 Å². The fourth-order valence-corrected chi connectivity index (χ4v) is 15.1. The number of halogens is 1. The van der Waals surface area contributed by atoms with E-state index in [4.69, 9.17) is 29.3 Å². The van der Waals surface area contributed by atoms with Crippen molar-refractivity contribution in [1.29, 1.82) is 0 Å². The number of nitrogens with one attached hydrogen (secondary N) is 5. The van der Waals surface area contributed by atoms with Gasteiger partial charge in [0.15, 0.2) is 0 Å². The van der Waals surface area contributed by atoms with Gasteiger partial charge < -0.3 is 42.6 Å². The van der Waals surface area contributed by atoms with Gasteiger partial charge in [0, 0.05) is 188 Å².